The molecule has 1 aliphatic heterocycles. The van der Waals surface area contributed by atoms with Crippen LogP contribution in [0.1, 0.15) is 27.8 Å². The van der Waals surface area contributed by atoms with Gasteiger partial charge in [-0.05, 0) is 35.0 Å². The number of fused-ring (bicyclic) bond motifs is 4. The number of halogens is 2. The highest BCUT2D eigenvalue weighted by Gasteiger charge is 2.31. The van der Waals surface area contributed by atoms with E-state index in [2.05, 4.69) is 15.3 Å². The predicted molar refractivity (Wildman–Crippen MR) is 107 cm³/mol. The Balaban J connectivity index is 1.63. The first-order valence-electron chi connectivity index (χ1n) is 9.02. The van der Waals surface area contributed by atoms with Gasteiger partial charge in [-0.1, -0.05) is 0 Å². The number of amides is 1. The van der Waals surface area contributed by atoms with E-state index in [-0.39, 0.29) is 11.3 Å². The van der Waals surface area contributed by atoms with Crippen molar-refractivity contribution in [1.82, 2.24) is 20.2 Å². The minimum absolute atomic E-state index is 0.0655. The lowest BCUT2D eigenvalue weighted by molar-refractivity contribution is 0.0718. The summed E-state index contributed by atoms with van der Waals surface area (Å²) in [6, 6.07) is 5.20. The Kier molecular flexibility index (Phi) is 4.04. The van der Waals surface area contributed by atoms with E-state index >= 15 is 0 Å². The zero-order chi connectivity index (χ0) is 20.3. The second-order valence-electron chi connectivity index (χ2n) is 7.10. The van der Waals surface area contributed by atoms with Gasteiger partial charge in [0.05, 0.1) is 21.6 Å². The fraction of sp³-hybridized carbons (Fsp3) is 0.200. The summed E-state index contributed by atoms with van der Waals surface area (Å²) in [6.45, 7) is 0.792. The van der Waals surface area contributed by atoms with E-state index in [0.717, 1.165) is 22.3 Å². The Hall–Kier alpha value is -3.04. The SMILES string of the molecule is CN(C(=O)c1cc2sccc2[nH]1)C1CNCc2[nH]c(=O)c3cc(F)c(F)cc3c21. The van der Waals surface area contributed by atoms with Gasteiger partial charge in [0, 0.05) is 31.4 Å². The molecule has 0 spiro atoms. The first kappa shape index (κ1) is 18.0. The third kappa shape index (κ3) is 2.77. The van der Waals surface area contributed by atoms with Crippen LogP contribution in [0.2, 0.25) is 0 Å². The van der Waals surface area contributed by atoms with Crippen molar-refractivity contribution in [2.24, 2.45) is 0 Å². The third-order valence-electron chi connectivity index (χ3n) is 5.42. The van der Waals surface area contributed by atoms with Crippen LogP contribution in [0.5, 0.6) is 0 Å². The maximum Gasteiger partial charge on any atom is 0.270 e. The smallest absolute Gasteiger partial charge is 0.270 e. The minimum Gasteiger partial charge on any atom is -0.350 e. The molecule has 1 amide bonds. The number of carbonyl (C=O) groups is 1. The van der Waals surface area contributed by atoms with E-state index in [9.17, 15) is 18.4 Å². The van der Waals surface area contributed by atoms with Crippen molar-refractivity contribution in [3.8, 4) is 0 Å². The molecule has 0 fully saturated rings. The summed E-state index contributed by atoms with van der Waals surface area (Å²) in [6.07, 6.45) is 0. The van der Waals surface area contributed by atoms with E-state index in [1.807, 2.05) is 11.4 Å². The van der Waals surface area contributed by atoms with Crippen LogP contribution in [-0.4, -0.2) is 34.4 Å². The zero-order valence-corrected chi connectivity index (χ0v) is 16.1. The zero-order valence-electron chi connectivity index (χ0n) is 15.3. The molecular formula is C20H16F2N4O2S. The number of thiophene rings is 1. The van der Waals surface area contributed by atoms with Crippen molar-refractivity contribution in [2.75, 3.05) is 13.6 Å². The molecule has 1 aromatic carbocycles. The highest BCUT2D eigenvalue weighted by molar-refractivity contribution is 7.17. The van der Waals surface area contributed by atoms with Crippen molar-refractivity contribution < 1.29 is 13.6 Å². The van der Waals surface area contributed by atoms with E-state index in [0.29, 0.717) is 35.4 Å². The number of nitrogens with one attached hydrogen (secondary N) is 3. The van der Waals surface area contributed by atoms with Crippen LogP contribution in [0, 0.1) is 11.6 Å². The lowest BCUT2D eigenvalue weighted by Gasteiger charge is -2.34. The quantitative estimate of drug-likeness (QED) is 0.471. The monoisotopic (exact) mass is 414 g/mol. The van der Waals surface area contributed by atoms with Crippen LogP contribution in [0.3, 0.4) is 0 Å². The van der Waals surface area contributed by atoms with Gasteiger partial charge in [0.2, 0.25) is 0 Å². The van der Waals surface area contributed by atoms with Crippen molar-refractivity contribution >= 4 is 38.2 Å². The second-order valence-corrected chi connectivity index (χ2v) is 8.05. The lowest BCUT2D eigenvalue weighted by atomic mass is 9.93. The molecule has 0 radical (unpaired) electrons. The fourth-order valence-corrected chi connectivity index (χ4v) is 4.76. The number of carbonyl (C=O) groups excluding carboxylic acids is 1. The lowest BCUT2D eigenvalue weighted by Crippen LogP contribution is -2.42. The standard InChI is InChI=1S/C20H16F2N4O2S/c1-26(20(28)14-6-17-13(24-14)2-3-29-17)16-8-23-7-15-18(16)9-4-11(21)12(22)5-10(9)19(27)25-15/h2-6,16,23-24H,7-8H2,1H3,(H,25,27). The molecule has 4 heterocycles. The summed E-state index contributed by atoms with van der Waals surface area (Å²) in [5.74, 6) is -2.33. The fourth-order valence-electron chi connectivity index (χ4n) is 3.97. The van der Waals surface area contributed by atoms with Gasteiger partial charge in [-0.25, -0.2) is 8.78 Å². The number of aromatic amines is 2. The number of H-pyrrole nitrogens is 2. The molecule has 0 saturated carbocycles. The minimum atomic E-state index is -1.08. The molecule has 0 aliphatic carbocycles. The average Bonchev–Trinajstić information content (AvgIpc) is 3.30. The van der Waals surface area contributed by atoms with Crippen LogP contribution in [0.15, 0.2) is 34.4 Å². The van der Waals surface area contributed by atoms with Gasteiger partial charge in [0.1, 0.15) is 5.69 Å². The predicted octanol–water partition coefficient (Wildman–Crippen LogP) is 3.27. The van der Waals surface area contributed by atoms with Crippen LogP contribution in [0.25, 0.3) is 21.0 Å². The Morgan fingerprint density at radius 2 is 1.93 bits per heavy atom. The maximum atomic E-state index is 14.0. The number of hydrogen-bond acceptors (Lipinski definition) is 4. The van der Waals surface area contributed by atoms with Gasteiger partial charge in [-0.2, -0.15) is 0 Å². The molecule has 1 unspecified atom stereocenters. The molecular weight excluding hydrogens is 398 g/mol. The Morgan fingerprint density at radius 3 is 2.69 bits per heavy atom. The van der Waals surface area contributed by atoms with E-state index in [4.69, 9.17) is 0 Å². The Morgan fingerprint density at radius 1 is 1.17 bits per heavy atom. The molecule has 5 rings (SSSR count). The number of aromatic nitrogens is 2. The van der Waals surface area contributed by atoms with Crippen LogP contribution < -0.4 is 10.9 Å². The van der Waals surface area contributed by atoms with Crippen LogP contribution in [0.4, 0.5) is 8.78 Å². The summed E-state index contributed by atoms with van der Waals surface area (Å²) in [5.41, 5.74) is 2.05. The molecule has 1 atom stereocenters. The molecule has 4 aromatic rings. The largest absolute Gasteiger partial charge is 0.350 e. The van der Waals surface area contributed by atoms with Gasteiger partial charge >= 0.3 is 0 Å². The Labute approximate surface area is 167 Å². The molecule has 3 aromatic heterocycles. The van der Waals surface area contributed by atoms with E-state index in [1.165, 1.54) is 11.3 Å². The van der Waals surface area contributed by atoms with Crippen molar-refractivity contribution in [2.45, 2.75) is 12.6 Å². The van der Waals surface area contributed by atoms with Crippen LogP contribution in [-0.2, 0) is 6.54 Å². The van der Waals surface area contributed by atoms with Crippen molar-refractivity contribution in [3.63, 3.8) is 0 Å². The first-order valence-corrected chi connectivity index (χ1v) is 9.90. The molecule has 1 aliphatic rings. The topological polar surface area (TPSA) is 81.0 Å². The molecule has 0 bridgehead atoms. The number of nitrogens with zero attached hydrogens (tertiary/aromatic N) is 1. The highest BCUT2D eigenvalue weighted by atomic mass is 32.1. The maximum absolute atomic E-state index is 14.0. The summed E-state index contributed by atoms with van der Waals surface area (Å²) in [5, 5.41) is 5.51. The molecule has 0 saturated heterocycles. The normalized spacial score (nSPS) is 16.3. The summed E-state index contributed by atoms with van der Waals surface area (Å²) in [4.78, 5) is 32.9. The summed E-state index contributed by atoms with van der Waals surface area (Å²) >= 11 is 1.54. The number of likely N-dealkylation sites (N-methyl/N-ethyl adjacent to an activating group) is 1. The number of pyridine rings is 1. The third-order valence-corrected chi connectivity index (χ3v) is 6.28. The van der Waals surface area contributed by atoms with E-state index < -0.39 is 23.2 Å². The number of benzene rings is 1. The summed E-state index contributed by atoms with van der Waals surface area (Å²) < 4.78 is 28.7. The molecule has 6 nitrogen and oxygen atoms in total. The molecule has 29 heavy (non-hydrogen) atoms. The van der Waals surface area contributed by atoms with Gasteiger partial charge in [0.25, 0.3) is 11.5 Å². The second kappa shape index (κ2) is 6.50. The average molecular weight is 414 g/mol. The molecule has 3 N–H and O–H groups in total. The van der Waals surface area contributed by atoms with Crippen molar-refractivity contribution in [3.05, 3.63) is 68.6 Å². The van der Waals surface area contributed by atoms with Gasteiger partial charge < -0.3 is 20.2 Å². The number of rotatable bonds is 2. The van der Waals surface area contributed by atoms with Gasteiger partial charge in [0.15, 0.2) is 11.6 Å². The van der Waals surface area contributed by atoms with Crippen LogP contribution >= 0.6 is 11.3 Å². The van der Waals surface area contributed by atoms with Crippen molar-refractivity contribution in [1.29, 1.82) is 0 Å². The highest BCUT2D eigenvalue weighted by Crippen LogP contribution is 2.33. The first-order chi connectivity index (χ1) is 13.9. The number of hydrogen-bond donors (Lipinski definition) is 3. The van der Waals surface area contributed by atoms with Gasteiger partial charge in [-0.15, -0.1) is 11.3 Å². The van der Waals surface area contributed by atoms with E-state index in [1.54, 1.807) is 18.0 Å². The molecule has 148 valence electrons. The summed E-state index contributed by atoms with van der Waals surface area (Å²) in [7, 11) is 1.66. The molecule has 9 heteroatoms. The Bertz CT molecular complexity index is 1310. The van der Waals surface area contributed by atoms with Gasteiger partial charge in [-0.3, -0.25) is 9.59 Å².